The van der Waals surface area contributed by atoms with Gasteiger partial charge < -0.3 is 10.4 Å². The van der Waals surface area contributed by atoms with Crippen LogP contribution in [-0.4, -0.2) is 23.3 Å². The first-order chi connectivity index (χ1) is 5.52. The van der Waals surface area contributed by atoms with Crippen LogP contribution in [0.1, 0.15) is 40.0 Å². The number of aliphatic hydroxyl groups is 1. The Morgan fingerprint density at radius 3 is 2.42 bits per heavy atom. The fourth-order valence-electron chi connectivity index (χ4n) is 1.59. The van der Waals surface area contributed by atoms with Crippen molar-refractivity contribution >= 4 is 0 Å². The van der Waals surface area contributed by atoms with Crippen LogP contribution in [0.4, 0.5) is 0 Å². The molecule has 1 aliphatic carbocycles. The Balaban J connectivity index is 2.26. The summed E-state index contributed by atoms with van der Waals surface area (Å²) < 4.78 is 0. The number of nitrogens with one attached hydrogen (secondary N) is 1. The maximum atomic E-state index is 10.0. The van der Waals surface area contributed by atoms with Crippen LogP contribution in [-0.2, 0) is 0 Å². The highest BCUT2D eigenvalue weighted by molar-refractivity contribution is 4.89. The van der Waals surface area contributed by atoms with Crippen molar-refractivity contribution in [2.24, 2.45) is 5.92 Å². The molecule has 1 fully saturated rings. The molecule has 1 rings (SSSR count). The molecule has 2 N–H and O–H groups in total. The van der Waals surface area contributed by atoms with Gasteiger partial charge in [0.25, 0.3) is 0 Å². The van der Waals surface area contributed by atoms with Crippen molar-refractivity contribution < 1.29 is 5.11 Å². The van der Waals surface area contributed by atoms with Crippen LogP contribution in [0.3, 0.4) is 0 Å². The summed E-state index contributed by atoms with van der Waals surface area (Å²) >= 11 is 0. The lowest BCUT2D eigenvalue weighted by Gasteiger charge is -2.39. The third kappa shape index (κ3) is 2.46. The molecule has 1 aliphatic rings. The van der Waals surface area contributed by atoms with Gasteiger partial charge in [0.2, 0.25) is 0 Å². The van der Waals surface area contributed by atoms with Gasteiger partial charge in [0.1, 0.15) is 0 Å². The second kappa shape index (κ2) is 3.75. The molecule has 1 unspecified atom stereocenters. The second-order valence-electron chi connectivity index (χ2n) is 4.52. The summed E-state index contributed by atoms with van der Waals surface area (Å²) in [6.07, 6.45) is 3.70. The molecule has 0 aromatic heterocycles. The van der Waals surface area contributed by atoms with E-state index in [4.69, 9.17) is 0 Å². The molecule has 2 nitrogen and oxygen atoms in total. The molecule has 0 aromatic carbocycles. The Kier molecular flexibility index (Phi) is 3.13. The van der Waals surface area contributed by atoms with Crippen LogP contribution in [0.25, 0.3) is 0 Å². The summed E-state index contributed by atoms with van der Waals surface area (Å²) in [4.78, 5) is 0. The van der Waals surface area contributed by atoms with Gasteiger partial charge in [-0.05, 0) is 25.7 Å². The fourth-order valence-corrected chi connectivity index (χ4v) is 1.59. The zero-order valence-electron chi connectivity index (χ0n) is 8.43. The number of rotatable bonds is 4. The van der Waals surface area contributed by atoms with E-state index in [9.17, 15) is 5.11 Å². The standard InChI is InChI=1S/C10H21NO/c1-8(2)11-7-10(3,12)9-5-4-6-9/h8-9,11-12H,4-7H2,1-3H3. The van der Waals surface area contributed by atoms with Gasteiger partial charge in [0.05, 0.1) is 5.60 Å². The van der Waals surface area contributed by atoms with Crippen LogP contribution in [0.2, 0.25) is 0 Å². The molecular formula is C10H21NO. The van der Waals surface area contributed by atoms with Crippen molar-refractivity contribution in [1.29, 1.82) is 0 Å². The molecule has 2 heteroatoms. The molecule has 1 atom stereocenters. The van der Waals surface area contributed by atoms with E-state index < -0.39 is 5.60 Å². The van der Waals surface area contributed by atoms with E-state index in [0.29, 0.717) is 12.0 Å². The average molecular weight is 171 g/mol. The molecule has 0 amide bonds. The molecule has 72 valence electrons. The highest BCUT2D eigenvalue weighted by Crippen LogP contribution is 2.35. The molecule has 1 saturated carbocycles. The molecule has 0 spiro atoms. The van der Waals surface area contributed by atoms with Gasteiger partial charge in [-0.25, -0.2) is 0 Å². The Labute approximate surface area is 75.4 Å². The quantitative estimate of drug-likeness (QED) is 0.672. The smallest absolute Gasteiger partial charge is 0.0771 e. The topological polar surface area (TPSA) is 32.3 Å². The summed E-state index contributed by atoms with van der Waals surface area (Å²) in [7, 11) is 0. The summed E-state index contributed by atoms with van der Waals surface area (Å²) in [5.41, 5.74) is -0.484. The summed E-state index contributed by atoms with van der Waals surface area (Å²) in [5.74, 6) is 0.531. The first kappa shape index (κ1) is 10.0. The van der Waals surface area contributed by atoms with Gasteiger partial charge in [0.15, 0.2) is 0 Å². The first-order valence-corrected chi connectivity index (χ1v) is 4.98. The number of hydrogen-bond donors (Lipinski definition) is 2. The van der Waals surface area contributed by atoms with E-state index >= 15 is 0 Å². The van der Waals surface area contributed by atoms with Crippen LogP contribution < -0.4 is 5.32 Å². The minimum absolute atomic E-state index is 0.469. The lowest BCUT2D eigenvalue weighted by atomic mass is 9.73. The molecule has 0 radical (unpaired) electrons. The van der Waals surface area contributed by atoms with Crippen LogP contribution in [0.5, 0.6) is 0 Å². The average Bonchev–Trinajstić information content (AvgIpc) is 1.78. The van der Waals surface area contributed by atoms with Crippen molar-refractivity contribution in [3.05, 3.63) is 0 Å². The molecule has 0 heterocycles. The Morgan fingerprint density at radius 1 is 1.50 bits per heavy atom. The molecule has 0 saturated heterocycles. The largest absolute Gasteiger partial charge is 0.389 e. The van der Waals surface area contributed by atoms with Crippen LogP contribution in [0.15, 0.2) is 0 Å². The minimum atomic E-state index is -0.484. The van der Waals surface area contributed by atoms with Gasteiger partial charge in [0, 0.05) is 12.6 Å². The van der Waals surface area contributed by atoms with E-state index in [1.807, 2.05) is 6.92 Å². The number of hydrogen-bond acceptors (Lipinski definition) is 2. The fraction of sp³-hybridized carbons (Fsp3) is 1.00. The summed E-state index contributed by atoms with van der Waals surface area (Å²) in [6, 6.07) is 0.469. The second-order valence-corrected chi connectivity index (χ2v) is 4.52. The third-order valence-electron chi connectivity index (χ3n) is 2.85. The van der Waals surface area contributed by atoms with Gasteiger partial charge in [-0.3, -0.25) is 0 Å². The Hall–Kier alpha value is -0.0800. The van der Waals surface area contributed by atoms with Crippen molar-refractivity contribution in [2.75, 3.05) is 6.54 Å². The minimum Gasteiger partial charge on any atom is -0.389 e. The van der Waals surface area contributed by atoms with Gasteiger partial charge in [-0.2, -0.15) is 0 Å². The predicted octanol–water partition coefficient (Wildman–Crippen LogP) is 1.54. The SMILES string of the molecule is CC(C)NCC(C)(O)C1CCC1. The lowest BCUT2D eigenvalue weighted by molar-refractivity contribution is -0.0341. The van der Waals surface area contributed by atoms with Crippen molar-refractivity contribution in [1.82, 2.24) is 5.32 Å². The van der Waals surface area contributed by atoms with Crippen molar-refractivity contribution in [2.45, 2.75) is 51.7 Å². The van der Waals surface area contributed by atoms with Crippen molar-refractivity contribution in [3.63, 3.8) is 0 Å². The highest BCUT2D eigenvalue weighted by atomic mass is 16.3. The molecule has 0 aliphatic heterocycles. The predicted molar refractivity (Wildman–Crippen MR) is 51.1 cm³/mol. The third-order valence-corrected chi connectivity index (χ3v) is 2.85. The molecule has 12 heavy (non-hydrogen) atoms. The molecule has 0 aromatic rings. The maximum absolute atomic E-state index is 10.0. The van der Waals surface area contributed by atoms with Crippen molar-refractivity contribution in [3.8, 4) is 0 Å². The summed E-state index contributed by atoms with van der Waals surface area (Å²) in [6.45, 7) is 6.90. The van der Waals surface area contributed by atoms with E-state index in [1.165, 1.54) is 19.3 Å². The molecular weight excluding hydrogens is 150 g/mol. The van der Waals surface area contributed by atoms with Gasteiger partial charge in [-0.15, -0.1) is 0 Å². The van der Waals surface area contributed by atoms with E-state index in [2.05, 4.69) is 19.2 Å². The Bertz CT molecular complexity index is 139. The maximum Gasteiger partial charge on any atom is 0.0771 e. The van der Waals surface area contributed by atoms with E-state index in [-0.39, 0.29) is 0 Å². The first-order valence-electron chi connectivity index (χ1n) is 4.98. The van der Waals surface area contributed by atoms with Gasteiger partial charge in [-0.1, -0.05) is 20.3 Å². The highest BCUT2D eigenvalue weighted by Gasteiger charge is 2.35. The molecule has 0 bridgehead atoms. The summed E-state index contributed by atoms with van der Waals surface area (Å²) in [5, 5.41) is 13.3. The van der Waals surface area contributed by atoms with Crippen LogP contribution >= 0.6 is 0 Å². The van der Waals surface area contributed by atoms with Crippen LogP contribution in [0, 0.1) is 5.92 Å². The monoisotopic (exact) mass is 171 g/mol. The van der Waals surface area contributed by atoms with E-state index in [0.717, 1.165) is 6.54 Å². The zero-order valence-corrected chi connectivity index (χ0v) is 8.43. The lowest BCUT2D eigenvalue weighted by Crippen LogP contribution is -2.48. The normalized spacial score (nSPS) is 23.8. The van der Waals surface area contributed by atoms with E-state index in [1.54, 1.807) is 0 Å². The van der Waals surface area contributed by atoms with Gasteiger partial charge >= 0.3 is 0 Å². The zero-order chi connectivity index (χ0) is 9.19. The Morgan fingerprint density at radius 2 is 2.08 bits per heavy atom.